The molecule has 2 rings (SSSR count). The van der Waals surface area contributed by atoms with Gasteiger partial charge in [0.25, 0.3) is 0 Å². The number of rotatable bonds is 2. The topological polar surface area (TPSA) is 33.0 Å². The largest absolute Gasteiger partial charge is 0.496 e. The van der Waals surface area contributed by atoms with Crippen LogP contribution in [0.25, 0.3) is 11.1 Å². The van der Waals surface area contributed by atoms with Gasteiger partial charge in [-0.2, -0.15) is 5.26 Å². The summed E-state index contributed by atoms with van der Waals surface area (Å²) in [4.78, 5) is 0. The lowest BCUT2D eigenvalue weighted by atomic mass is 10.0. The minimum Gasteiger partial charge on any atom is -0.496 e. The molecule has 0 N–H and O–H groups in total. The summed E-state index contributed by atoms with van der Waals surface area (Å²) in [5, 5.41) is 8.85. The molecule has 2 aromatic carbocycles. The highest BCUT2D eigenvalue weighted by Crippen LogP contribution is 2.31. The summed E-state index contributed by atoms with van der Waals surface area (Å²) in [5.74, 6) is -1.34. The van der Waals surface area contributed by atoms with E-state index in [-0.39, 0.29) is 0 Å². The maximum Gasteiger partial charge on any atom is 0.159 e. The molecule has 0 amide bonds. The molecule has 0 saturated carbocycles. The first-order valence-electron chi connectivity index (χ1n) is 5.19. The second-order valence-corrected chi connectivity index (χ2v) is 3.66. The molecule has 0 heterocycles. The average molecular weight is 245 g/mol. The Labute approximate surface area is 103 Å². The molecule has 4 heteroatoms. The number of ether oxygens (including phenoxy) is 1. The van der Waals surface area contributed by atoms with Gasteiger partial charge in [0, 0.05) is 5.56 Å². The third-order valence-electron chi connectivity index (χ3n) is 2.56. The van der Waals surface area contributed by atoms with Crippen LogP contribution < -0.4 is 4.74 Å². The highest BCUT2D eigenvalue weighted by molar-refractivity contribution is 5.72. The molecule has 90 valence electrons. The van der Waals surface area contributed by atoms with Gasteiger partial charge in [-0.15, -0.1) is 0 Å². The molecule has 18 heavy (non-hydrogen) atoms. The average Bonchev–Trinajstić information content (AvgIpc) is 2.41. The second-order valence-electron chi connectivity index (χ2n) is 3.66. The summed E-state index contributed by atoms with van der Waals surface area (Å²) in [7, 11) is 1.48. The molecule has 0 radical (unpaired) electrons. The van der Waals surface area contributed by atoms with Crippen LogP contribution in [0.5, 0.6) is 5.75 Å². The van der Waals surface area contributed by atoms with Crippen LogP contribution in [0.15, 0.2) is 36.4 Å². The van der Waals surface area contributed by atoms with Crippen molar-refractivity contribution in [3.8, 4) is 22.9 Å². The lowest BCUT2D eigenvalue weighted by Gasteiger charge is -2.09. The zero-order valence-corrected chi connectivity index (χ0v) is 9.58. The van der Waals surface area contributed by atoms with E-state index in [0.717, 1.165) is 12.1 Å². The maximum atomic E-state index is 13.2. The van der Waals surface area contributed by atoms with Gasteiger partial charge in [-0.25, -0.2) is 8.78 Å². The molecule has 2 aromatic rings. The molecule has 0 spiro atoms. The van der Waals surface area contributed by atoms with Crippen molar-refractivity contribution in [2.24, 2.45) is 0 Å². The van der Waals surface area contributed by atoms with Gasteiger partial charge in [0.2, 0.25) is 0 Å². The van der Waals surface area contributed by atoms with Crippen LogP contribution in [0.1, 0.15) is 5.56 Å². The Bertz CT molecular complexity index is 632. The van der Waals surface area contributed by atoms with Crippen molar-refractivity contribution in [3.05, 3.63) is 53.6 Å². The van der Waals surface area contributed by atoms with Gasteiger partial charge in [0.15, 0.2) is 11.6 Å². The van der Waals surface area contributed by atoms with Gasteiger partial charge < -0.3 is 4.74 Å². The van der Waals surface area contributed by atoms with Crippen LogP contribution in [-0.4, -0.2) is 7.11 Å². The maximum absolute atomic E-state index is 13.2. The van der Waals surface area contributed by atoms with E-state index in [1.54, 1.807) is 18.2 Å². The number of hydrogen-bond acceptors (Lipinski definition) is 2. The SMILES string of the molecule is COc1ccc(C#N)cc1-c1ccc(F)c(F)c1. The smallest absolute Gasteiger partial charge is 0.159 e. The molecule has 0 aliphatic carbocycles. The molecular formula is C14H9F2NO. The molecule has 2 nitrogen and oxygen atoms in total. The van der Waals surface area contributed by atoms with E-state index in [1.807, 2.05) is 6.07 Å². The highest BCUT2D eigenvalue weighted by Gasteiger charge is 2.10. The summed E-state index contributed by atoms with van der Waals surface area (Å²) in [6, 6.07) is 10.3. The first-order chi connectivity index (χ1) is 8.65. The van der Waals surface area contributed by atoms with E-state index < -0.39 is 11.6 Å². The van der Waals surface area contributed by atoms with Gasteiger partial charge >= 0.3 is 0 Å². The van der Waals surface area contributed by atoms with E-state index in [4.69, 9.17) is 10.00 Å². The Morgan fingerprint density at radius 3 is 2.44 bits per heavy atom. The van der Waals surface area contributed by atoms with Crippen LogP contribution >= 0.6 is 0 Å². The summed E-state index contributed by atoms with van der Waals surface area (Å²) in [6.07, 6.45) is 0. The van der Waals surface area contributed by atoms with E-state index in [0.29, 0.717) is 22.4 Å². The quantitative estimate of drug-likeness (QED) is 0.811. The number of halogens is 2. The Morgan fingerprint density at radius 1 is 1.06 bits per heavy atom. The van der Waals surface area contributed by atoms with Crippen LogP contribution in [0.2, 0.25) is 0 Å². The van der Waals surface area contributed by atoms with E-state index in [9.17, 15) is 8.78 Å². The highest BCUT2D eigenvalue weighted by atomic mass is 19.2. The van der Waals surface area contributed by atoms with Gasteiger partial charge in [0.05, 0.1) is 18.7 Å². The molecule has 0 saturated heterocycles. The Kier molecular flexibility index (Phi) is 3.24. The molecule has 0 atom stereocenters. The van der Waals surface area contributed by atoms with Crippen LogP contribution in [0, 0.1) is 23.0 Å². The first-order valence-corrected chi connectivity index (χ1v) is 5.19. The van der Waals surface area contributed by atoms with Gasteiger partial charge in [-0.05, 0) is 35.9 Å². The fourth-order valence-corrected chi connectivity index (χ4v) is 1.67. The predicted octanol–water partition coefficient (Wildman–Crippen LogP) is 3.51. The van der Waals surface area contributed by atoms with Crippen molar-refractivity contribution in [2.75, 3.05) is 7.11 Å². The molecule has 0 unspecified atom stereocenters. The van der Waals surface area contributed by atoms with Crippen molar-refractivity contribution in [1.29, 1.82) is 5.26 Å². The van der Waals surface area contributed by atoms with E-state index in [2.05, 4.69) is 0 Å². The van der Waals surface area contributed by atoms with Crippen molar-refractivity contribution in [3.63, 3.8) is 0 Å². The van der Waals surface area contributed by atoms with Gasteiger partial charge in [-0.3, -0.25) is 0 Å². The van der Waals surface area contributed by atoms with Crippen molar-refractivity contribution in [1.82, 2.24) is 0 Å². The third-order valence-corrected chi connectivity index (χ3v) is 2.56. The number of benzene rings is 2. The summed E-state index contributed by atoms with van der Waals surface area (Å²) < 4.78 is 31.2. The van der Waals surface area contributed by atoms with Crippen molar-refractivity contribution in [2.45, 2.75) is 0 Å². The zero-order valence-electron chi connectivity index (χ0n) is 9.58. The third kappa shape index (κ3) is 2.16. The van der Waals surface area contributed by atoms with Gasteiger partial charge in [0.1, 0.15) is 5.75 Å². The van der Waals surface area contributed by atoms with Crippen LogP contribution in [0.4, 0.5) is 8.78 Å². The van der Waals surface area contributed by atoms with E-state index in [1.165, 1.54) is 13.2 Å². The molecule has 0 aromatic heterocycles. The Balaban J connectivity index is 2.61. The lowest BCUT2D eigenvalue weighted by Crippen LogP contribution is -1.91. The Hall–Kier alpha value is -2.41. The molecular weight excluding hydrogens is 236 g/mol. The molecule has 0 aliphatic heterocycles. The normalized spacial score (nSPS) is 9.89. The minimum atomic E-state index is -0.933. The second kappa shape index (κ2) is 4.84. The fraction of sp³-hybridized carbons (Fsp3) is 0.0714. The fourth-order valence-electron chi connectivity index (χ4n) is 1.67. The molecule has 0 aliphatic rings. The van der Waals surface area contributed by atoms with Crippen molar-refractivity contribution < 1.29 is 13.5 Å². The number of methoxy groups -OCH3 is 1. The van der Waals surface area contributed by atoms with Gasteiger partial charge in [-0.1, -0.05) is 6.07 Å². The predicted molar refractivity (Wildman–Crippen MR) is 63.1 cm³/mol. The minimum absolute atomic E-state index is 0.426. The summed E-state index contributed by atoms with van der Waals surface area (Å²) in [6.45, 7) is 0. The number of nitrogens with zero attached hydrogens (tertiary/aromatic N) is 1. The monoisotopic (exact) mass is 245 g/mol. The lowest BCUT2D eigenvalue weighted by molar-refractivity contribution is 0.416. The molecule has 0 fully saturated rings. The van der Waals surface area contributed by atoms with Crippen LogP contribution in [-0.2, 0) is 0 Å². The standard InChI is InChI=1S/C14H9F2NO/c1-18-14-5-2-9(8-17)6-11(14)10-3-4-12(15)13(16)7-10/h2-7H,1H3. The Morgan fingerprint density at radius 2 is 1.83 bits per heavy atom. The number of hydrogen-bond donors (Lipinski definition) is 0. The number of nitriles is 1. The van der Waals surface area contributed by atoms with E-state index >= 15 is 0 Å². The van der Waals surface area contributed by atoms with Crippen LogP contribution in [0.3, 0.4) is 0 Å². The first kappa shape index (κ1) is 12.1. The summed E-state index contributed by atoms with van der Waals surface area (Å²) >= 11 is 0. The molecule has 0 bridgehead atoms. The zero-order chi connectivity index (χ0) is 13.1. The van der Waals surface area contributed by atoms with Crippen molar-refractivity contribution >= 4 is 0 Å². The summed E-state index contributed by atoms with van der Waals surface area (Å²) in [5.41, 5.74) is 1.44.